The molecule has 16 heavy (non-hydrogen) atoms. The normalized spacial score (nSPS) is 34.3. The van der Waals surface area contributed by atoms with E-state index >= 15 is 0 Å². The number of ether oxygens (including phenoxy) is 1. The van der Waals surface area contributed by atoms with Gasteiger partial charge in [0.2, 0.25) is 0 Å². The minimum atomic E-state index is -0.317. The molecule has 0 unspecified atom stereocenters. The Hall–Kier alpha value is -0.860. The molecule has 90 valence electrons. The van der Waals surface area contributed by atoms with E-state index in [0.717, 1.165) is 32.1 Å². The van der Waals surface area contributed by atoms with E-state index < -0.39 is 0 Å². The maximum Gasteiger partial charge on any atom is 0.312 e. The van der Waals surface area contributed by atoms with Crippen LogP contribution in [0.4, 0.5) is 0 Å². The van der Waals surface area contributed by atoms with Crippen molar-refractivity contribution in [1.29, 1.82) is 0 Å². The SMILES string of the molecule is CCOC(=O)[C@]12CCCC[C@H]1CC(=O)CC2. The molecule has 0 spiro atoms. The molecule has 2 aliphatic rings. The third-order valence-electron chi connectivity index (χ3n) is 4.21. The first kappa shape index (κ1) is 11.6. The average molecular weight is 224 g/mol. The van der Waals surface area contributed by atoms with Gasteiger partial charge in [0.1, 0.15) is 5.78 Å². The number of Topliss-reactive ketones (excluding diaryl/α,β-unsaturated/α-hetero) is 1. The molecule has 0 N–H and O–H groups in total. The molecule has 0 amide bonds. The third kappa shape index (κ3) is 1.87. The summed E-state index contributed by atoms with van der Waals surface area (Å²) in [5.74, 6) is 0.528. The highest BCUT2D eigenvalue weighted by molar-refractivity contribution is 5.85. The first-order chi connectivity index (χ1) is 7.69. The molecule has 0 aromatic carbocycles. The number of carbonyl (C=O) groups excluding carboxylic acids is 2. The van der Waals surface area contributed by atoms with Gasteiger partial charge < -0.3 is 4.74 Å². The van der Waals surface area contributed by atoms with Gasteiger partial charge in [0.15, 0.2) is 0 Å². The van der Waals surface area contributed by atoms with Crippen molar-refractivity contribution in [3.63, 3.8) is 0 Å². The van der Waals surface area contributed by atoms with E-state index in [9.17, 15) is 9.59 Å². The molecular weight excluding hydrogens is 204 g/mol. The number of esters is 1. The molecule has 0 bridgehead atoms. The fourth-order valence-corrected chi connectivity index (χ4v) is 3.32. The maximum atomic E-state index is 12.1. The smallest absolute Gasteiger partial charge is 0.312 e. The molecule has 0 heterocycles. The Bertz CT molecular complexity index is 298. The van der Waals surface area contributed by atoms with Crippen molar-refractivity contribution in [2.75, 3.05) is 6.61 Å². The van der Waals surface area contributed by atoms with E-state index in [-0.39, 0.29) is 17.3 Å². The molecule has 2 aliphatic carbocycles. The molecule has 3 nitrogen and oxygen atoms in total. The van der Waals surface area contributed by atoms with Crippen LogP contribution in [-0.2, 0) is 14.3 Å². The van der Waals surface area contributed by atoms with Gasteiger partial charge >= 0.3 is 5.97 Å². The topological polar surface area (TPSA) is 43.4 Å². The number of carbonyl (C=O) groups is 2. The summed E-state index contributed by atoms with van der Waals surface area (Å²) in [6, 6.07) is 0. The summed E-state index contributed by atoms with van der Waals surface area (Å²) in [6.45, 7) is 2.29. The standard InChI is InChI=1S/C13H20O3/c1-2-16-12(15)13-7-4-3-5-10(13)9-11(14)6-8-13/h10H,2-9H2,1H3/t10-,13-/m0/s1. The lowest BCUT2D eigenvalue weighted by Crippen LogP contribution is -2.46. The molecule has 0 saturated heterocycles. The molecule has 0 aromatic rings. The molecule has 0 aromatic heterocycles. The van der Waals surface area contributed by atoms with Gasteiger partial charge in [-0.1, -0.05) is 12.8 Å². The molecular formula is C13H20O3. The predicted octanol–water partition coefficient (Wildman–Crippen LogP) is 2.48. The van der Waals surface area contributed by atoms with E-state index in [0.29, 0.717) is 25.2 Å². The van der Waals surface area contributed by atoms with Crippen LogP contribution in [0, 0.1) is 11.3 Å². The fraction of sp³-hybridized carbons (Fsp3) is 0.846. The van der Waals surface area contributed by atoms with E-state index in [1.54, 1.807) is 0 Å². The predicted molar refractivity (Wildman–Crippen MR) is 59.9 cm³/mol. The Kier molecular flexibility index (Phi) is 3.31. The van der Waals surface area contributed by atoms with Crippen LogP contribution >= 0.6 is 0 Å². The van der Waals surface area contributed by atoms with Crippen LogP contribution in [0.1, 0.15) is 51.9 Å². The van der Waals surface area contributed by atoms with Crippen LogP contribution in [0.3, 0.4) is 0 Å². The number of hydrogen-bond donors (Lipinski definition) is 0. The highest BCUT2D eigenvalue weighted by Crippen LogP contribution is 2.50. The second-order valence-corrected chi connectivity index (χ2v) is 5.06. The molecule has 0 radical (unpaired) electrons. The van der Waals surface area contributed by atoms with E-state index in [1.807, 2.05) is 6.92 Å². The molecule has 2 fully saturated rings. The minimum Gasteiger partial charge on any atom is -0.466 e. The fourth-order valence-electron chi connectivity index (χ4n) is 3.32. The first-order valence-electron chi connectivity index (χ1n) is 6.38. The highest BCUT2D eigenvalue weighted by Gasteiger charge is 2.50. The lowest BCUT2D eigenvalue weighted by atomic mass is 9.59. The van der Waals surface area contributed by atoms with Crippen LogP contribution in [-0.4, -0.2) is 18.4 Å². The highest BCUT2D eigenvalue weighted by atomic mass is 16.5. The maximum absolute atomic E-state index is 12.1. The second-order valence-electron chi connectivity index (χ2n) is 5.06. The van der Waals surface area contributed by atoms with E-state index in [4.69, 9.17) is 4.74 Å². The Labute approximate surface area is 96.5 Å². The number of ketones is 1. The van der Waals surface area contributed by atoms with Gasteiger partial charge in [0, 0.05) is 12.8 Å². The zero-order valence-corrected chi connectivity index (χ0v) is 9.96. The molecule has 2 rings (SSSR count). The summed E-state index contributed by atoms with van der Waals surface area (Å²) in [5, 5.41) is 0. The lowest BCUT2D eigenvalue weighted by Gasteiger charge is -2.44. The van der Waals surface area contributed by atoms with E-state index in [1.165, 1.54) is 0 Å². The van der Waals surface area contributed by atoms with Gasteiger partial charge in [0.05, 0.1) is 12.0 Å². The summed E-state index contributed by atoms with van der Waals surface area (Å²) >= 11 is 0. The number of rotatable bonds is 2. The zero-order valence-electron chi connectivity index (χ0n) is 9.96. The van der Waals surface area contributed by atoms with Crippen molar-refractivity contribution in [1.82, 2.24) is 0 Å². The second kappa shape index (κ2) is 4.56. The van der Waals surface area contributed by atoms with Crippen LogP contribution in [0.25, 0.3) is 0 Å². The summed E-state index contributed by atoms with van der Waals surface area (Å²) in [5.41, 5.74) is -0.317. The van der Waals surface area contributed by atoms with Crippen molar-refractivity contribution in [3.05, 3.63) is 0 Å². The van der Waals surface area contributed by atoms with Gasteiger partial charge in [0.25, 0.3) is 0 Å². The van der Waals surface area contributed by atoms with Crippen LogP contribution in [0.15, 0.2) is 0 Å². The molecule has 2 saturated carbocycles. The van der Waals surface area contributed by atoms with Gasteiger partial charge in [-0.25, -0.2) is 0 Å². The van der Waals surface area contributed by atoms with Crippen LogP contribution in [0.2, 0.25) is 0 Å². The van der Waals surface area contributed by atoms with Crippen molar-refractivity contribution in [2.24, 2.45) is 11.3 Å². The van der Waals surface area contributed by atoms with E-state index in [2.05, 4.69) is 0 Å². The molecule has 0 aliphatic heterocycles. The van der Waals surface area contributed by atoms with Gasteiger partial charge in [-0.15, -0.1) is 0 Å². The summed E-state index contributed by atoms with van der Waals surface area (Å²) < 4.78 is 5.23. The average Bonchev–Trinajstić information content (AvgIpc) is 2.29. The monoisotopic (exact) mass is 224 g/mol. The third-order valence-corrected chi connectivity index (χ3v) is 4.21. The lowest BCUT2D eigenvalue weighted by molar-refractivity contribution is -0.165. The summed E-state index contributed by atoms with van der Waals surface area (Å²) in [6.07, 6.45) is 6.07. The number of fused-ring (bicyclic) bond motifs is 1. The summed E-state index contributed by atoms with van der Waals surface area (Å²) in [7, 11) is 0. The Morgan fingerprint density at radius 1 is 1.44 bits per heavy atom. The quantitative estimate of drug-likeness (QED) is 0.677. The minimum absolute atomic E-state index is 0.0489. The van der Waals surface area contributed by atoms with Gasteiger partial charge in [-0.3, -0.25) is 9.59 Å². The Morgan fingerprint density at radius 3 is 3.00 bits per heavy atom. The molecule has 3 heteroatoms. The summed E-state index contributed by atoms with van der Waals surface area (Å²) in [4.78, 5) is 23.6. The van der Waals surface area contributed by atoms with Gasteiger partial charge in [-0.05, 0) is 32.1 Å². The van der Waals surface area contributed by atoms with Crippen molar-refractivity contribution < 1.29 is 14.3 Å². The number of hydrogen-bond acceptors (Lipinski definition) is 3. The van der Waals surface area contributed by atoms with Crippen LogP contribution < -0.4 is 0 Å². The van der Waals surface area contributed by atoms with Crippen molar-refractivity contribution in [2.45, 2.75) is 51.9 Å². The Morgan fingerprint density at radius 2 is 2.25 bits per heavy atom. The first-order valence-corrected chi connectivity index (χ1v) is 6.38. The zero-order chi connectivity index (χ0) is 11.6. The van der Waals surface area contributed by atoms with Crippen molar-refractivity contribution >= 4 is 11.8 Å². The largest absolute Gasteiger partial charge is 0.466 e. The van der Waals surface area contributed by atoms with Crippen molar-refractivity contribution in [3.8, 4) is 0 Å². The van der Waals surface area contributed by atoms with Gasteiger partial charge in [-0.2, -0.15) is 0 Å². The Balaban J connectivity index is 2.19. The van der Waals surface area contributed by atoms with Crippen LogP contribution in [0.5, 0.6) is 0 Å². The molecule has 2 atom stereocenters.